The molecule has 1 N–H and O–H groups in total. The number of hydrogen-bond acceptors (Lipinski definition) is 6. The Labute approximate surface area is 150 Å². The zero-order chi connectivity index (χ0) is 17.6. The van der Waals surface area contributed by atoms with Gasteiger partial charge in [-0.3, -0.25) is 9.59 Å². The maximum atomic E-state index is 11.6. The molecule has 1 aromatic rings. The fraction of sp³-hybridized carbons (Fsp3) is 0.467. The highest BCUT2D eigenvalue weighted by Gasteiger charge is 2.28. The van der Waals surface area contributed by atoms with Crippen molar-refractivity contribution in [1.29, 1.82) is 0 Å². The number of thioether (sulfide) groups is 1. The molecule has 1 atom stereocenters. The quantitative estimate of drug-likeness (QED) is 0.707. The average Bonchev–Trinajstić information content (AvgIpc) is 2.86. The summed E-state index contributed by atoms with van der Waals surface area (Å²) in [5, 5.41) is 3.20. The molecule has 1 aliphatic heterocycles. The van der Waals surface area contributed by atoms with Crippen molar-refractivity contribution in [3.05, 3.63) is 34.9 Å². The Morgan fingerprint density at radius 3 is 2.75 bits per heavy atom. The number of carbonyl (C=O) groups excluding carboxylic acids is 2. The molecule has 0 saturated carbocycles. The van der Waals surface area contributed by atoms with E-state index in [1.54, 1.807) is 6.07 Å². The van der Waals surface area contributed by atoms with Crippen LogP contribution in [0, 0.1) is 0 Å². The van der Waals surface area contributed by atoms with Gasteiger partial charge in [-0.2, -0.15) is 0 Å². The van der Waals surface area contributed by atoms with E-state index < -0.39 is 34.4 Å². The van der Waals surface area contributed by atoms with Crippen LogP contribution in [-0.4, -0.2) is 50.2 Å². The Bertz CT molecular complexity index is 708. The van der Waals surface area contributed by atoms with E-state index in [-0.39, 0.29) is 17.3 Å². The number of rotatable bonds is 7. The van der Waals surface area contributed by atoms with Crippen LogP contribution < -0.4 is 5.32 Å². The van der Waals surface area contributed by atoms with Crippen molar-refractivity contribution in [2.24, 2.45) is 0 Å². The van der Waals surface area contributed by atoms with Crippen LogP contribution in [0.25, 0.3) is 0 Å². The van der Waals surface area contributed by atoms with Gasteiger partial charge in [-0.05, 0) is 18.1 Å². The fourth-order valence-corrected chi connectivity index (χ4v) is 5.00. The van der Waals surface area contributed by atoms with Gasteiger partial charge < -0.3 is 10.1 Å². The Morgan fingerprint density at radius 2 is 2.08 bits per heavy atom. The van der Waals surface area contributed by atoms with E-state index in [1.165, 1.54) is 11.8 Å². The minimum absolute atomic E-state index is 0.0552. The van der Waals surface area contributed by atoms with Crippen molar-refractivity contribution < 1.29 is 22.7 Å². The minimum Gasteiger partial charge on any atom is -0.455 e. The smallest absolute Gasteiger partial charge is 0.316 e. The number of sulfone groups is 1. The third kappa shape index (κ3) is 6.33. The van der Waals surface area contributed by atoms with Crippen LogP contribution in [0.3, 0.4) is 0 Å². The molecule has 0 aromatic heterocycles. The molecule has 1 aromatic carbocycles. The van der Waals surface area contributed by atoms with Gasteiger partial charge in [0.15, 0.2) is 16.4 Å². The van der Waals surface area contributed by atoms with Gasteiger partial charge in [0.2, 0.25) is 0 Å². The van der Waals surface area contributed by atoms with Gasteiger partial charge >= 0.3 is 5.97 Å². The first-order valence-electron chi connectivity index (χ1n) is 7.32. The Hall–Kier alpha value is -1.25. The van der Waals surface area contributed by atoms with E-state index >= 15 is 0 Å². The standard InChI is InChI=1S/C15H18ClNO5S2/c16-13-4-2-1-3-11(13)8-23-9-15(19)22-7-14(18)17-12-5-6-24(20,21)10-12/h1-4,12H,5-10H2,(H,17,18)/t12-/m1/s1. The van der Waals surface area contributed by atoms with Crippen LogP contribution >= 0.6 is 23.4 Å². The van der Waals surface area contributed by atoms with Crippen molar-refractivity contribution in [3.8, 4) is 0 Å². The van der Waals surface area contributed by atoms with E-state index in [0.29, 0.717) is 17.2 Å². The molecule has 0 unspecified atom stereocenters. The van der Waals surface area contributed by atoms with Gasteiger partial charge in [-0.15, -0.1) is 11.8 Å². The van der Waals surface area contributed by atoms with E-state index in [2.05, 4.69) is 5.32 Å². The second-order valence-electron chi connectivity index (χ2n) is 5.41. The number of carbonyl (C=O) groups is 2. The number of ether oxygens (including phenoxy) is 1. The lowest BCUT2D eigenvalue weighted by molar-refractivity contribution is -0.146. The minimum atomic E-state index is -3.05. The van der Waals surface area contributed by atoms with Crippen molar-refractivity contribution in [3.63, 3.8) is 0 Å². The lowest BCUT2D eigenvalue weighted by Gasteiger charge is -2.11. The molecule has 9 heteroatoms. The van der Waals surface area contributed by atoms with E-state index in [4.69, 9.17) is 16.3 Å². The van der Waals surface area contributed by atoms with Gasteiger partial charge in [0.25, 0.3) is 5.91 Å². The van der Waals surface area contributed by atoms with Crippen molar-refractivity contribution >= 4 is 45.1 Å². The van der Waals surface area contributed by atoms with Gasteiger partial charge in [0.05, 0.1) is 17.3 Å². The normalized spacial score (nSPS) is 19.0. The number of halogens is 1. The third-order valence-corrected chi connectivity index (χ3v) is 6.49. The lowest BCUT2D eigenvalue weighted by atomic mass is 10.2. The lowest BCUT2D eigenvalue weighted by Crippen LogP contribution is -2.38. The summed E-state index contributed by atoms with van der Waals surface area (Å²) in [7, 11) is -3.05. The van der Waals surface area contributed by atoms with Crippen LogP contribution in [0.2, 0.25) is 5.02 Å². The second kappa shape index (κ2) is 8.73. The summed E-state index contributed by atoms with van der Waals surface area (Å²) >= 11 is 7.36. The number of esters is 1. The predicted octanol–water partition coefficient (Wildman–Crippen LogP) is 1.42. The Balaban J connectivity index is 1.62. The molecule has 1 saturated heterocycles. The highest BCUT2D eigenvalue weighted by atomic mass is 35.5. The van der Waals surface area contributed by atoms with E-state index in [0.717, 1.165) is 5.56 Å². The third-order valence-electron chi connectivity index (χ3n) is 3.40. The molecule has 0 radical (unpaired) electrons. The fourth-order valence-electron chi connectivity index (χ4n) is 2.23. The Morgan fingerprint density at radius 1 is 1.33 bits per heavy atom. The van der Waals surface area contributed by atoms with Gasteiger partial charge in [-0.1, -0.05) is 29.8 Å². The summed E-state index contributed by atoms with van der Waals surface area (Å²) in [6.07, 6.45) is 0.399. The van der Waals surface area contributed by atoms with Crippen molar-refractivity contribution in [2.75, 3.05) is 23.9 Å². The molecule has 1 heterocycles. The number of benzene rings is 1. The van der Waals surface area contributed by atoms with Crippen LogP contribution in [-0.2, 0) is 29.9 Å². The van der Waals surface area contributed by atoms with Crippen molar-refractivity contribution in [2.45, 2.75) is 18.2 Å². The molecule has 6 nitrogen and oxygen atoms in total. The van der Waals surface area contributed by atoms with Gasteiger partial charge in [0, 0.05) is 16.8 Å². The Kier molecular flexibility index (Phi) is 6.94. The molecule has 1 amide bonds. The number of amides is 1. The van der Waals surface area contributed by atoms with Crippen LogP contribution in [0.5, 0.6) is 0 Å². The molecule has 132 valence electrons. The number of nitrogens with one attached hydrogen (secondary N) is 1. The summed E-state index contributed by atoms with van der Waals surface area (Å²) in [5.74, 6) is -0.281. The first kappa shape index (κ1) is 19.1. The molecular weight excluding hydrogens is 374 g/mol. The first-order valence-corrected chi connectivity index (χ1v) is 10.7. The summed E-state index contributed by atoms with van der Waals surface area (Å²) in [5.41, 5.74) is 0.928. The van der Waals surface area contributed by atoms with Gasteiger partial charge in [0.1, 0.15) is 0 Å². The molecule has 1 fully saturated rings. The van der Waals surface area contributed by atoms with E-state index in [1.807, 2.05) is 18.2 Å². The van der Waals surface area contributed by atoms with Gasteiger partial charge in [-0.25, -0.2) is 8.42 Å². The van der Waals surface area contributed by atoms with Crippen LogP contribution in [0.4, 0.5) is 0 Å². The summed E-state index contributed by atoms with van der Waals surface area (Å²) in [6.45, 7) is -0.401. The molecule has 1 aliphatic rings. The zero-order valence-corrected chi connectivity index (χ0v) is 15.3. The second-order valence-corrected chi connectivity index (χ2v) is 9.03. The molecular formula is C15H18ClNO5S2. The molecule has 0 aliphatic carbocycles. The topological polar surface area (TPSA) is 89.5 Å². The predicted molar refractivity (Wildman–Crippen MR) is 93.8 cm³/mol. The molecule has 0 spiro atoms. The summed E-state index contributed by atoms with van der Waals surface area (Å²) in [6, 6.07) is 6.97. The molecule has 2 rings (SSSR count). The highest BCUT2D eigenvalue weighted by Crippen LogP contribution is 2.20. The SMILES string of the molecule is O=C(COC(=O)CSCc1ccccc1Cl)N[C@@H]1CCS(=O)(=O)C1. The largest absolute Gasteiger partial charge is 0.455 e. The maximum absolute atomic E-state index is 11.6. The van der Waals surface area contributed by atoms with E-state index in [9.17, 15) is 18.0 Å². The van der Waals surface area contributed by atoms with Crippen molar-refractivity contribution in [1.82, 2.24) is 5.32 Å². The monoisotopic (exact) mass is 391 g/mol. The molecule has 24 heavy (non-hydrogen) atoms. The van der Waals surface area contributed by atoms with Crippen LogP contribution in [0.15, 0.2) is 24.3 Å². The summed E-state index contributed by atoms with van der Waals surface area (Å²) in [4.78, 5) is 23.3. The summed E-state index contributed by atoms with van der Waals surface area (Å²) < 4.78 is 27.5. The highest BCUT2D eigenvalue weighted by molar-refractivity contribution is 7.99. The molecule has 0 bridgehead atoms. The number of hydrogen-bond donors (Lipinski definition) is 1. The first-order chi connectivity index (χ1) is 11.4. The zero-order valence-electron chi connectivity index (χ0n) is 12.9. The average molecular weight is 392 g/mol. The maximum Gasteiger partial charge on any atom is 0.316 e. The van der Waals surface area contributed by atoms with Crippen LogP contribution in [0.1, 0.15) is 12.0 Å².